The molecule has 1 aromatic heterocycles. The number of amides is 1. The molecule has 4 fully saturated rings. The van der Waals surface area contributed by atoms with Crippen LogP contribution in [0.25, 0.3) is 11.4 Å². The maximum atomic E-state index is 13.4. The molecule has 142 valence electrons. The van der Waals surface area contributed by atoms with Gasteiger partial charge < -0.3 is 5.32 Å². The van der Waals surface area contributed by atoms with Crippen molar-refractivity contribution < 1.29 is 4.79 Å². The van der Waals surface area contributed by atoms with Crippen molar-refractivity contribution in [3.63, 3.8) is 0 Å². The van der Waals surface area contributed by atoms with Crippen molar-refractivity contribution in [3.8, 4) is 11.4 Å². The van der Waals surface area contributed by atoms with E-state index in [1.807, 2.05) is 31.2 Å². The Balaban J connectivity index is 1.36. The van der Waals surface area contributed by atoms with E-state index < -0.39 is 0 Å². The topological polar surface area (TPSA) is 70.7 Å². The molecule has 0 radical (unpaired) electrons. The SMILES string of the molecule is Cc1nc(-c2ccc(NC(=O)C34CC5C[C@@](C)(C3)C[C@](C)(C5)C4)cc2)n[nH]1. The molecule has 4 saturated carbocycles. The average Bonchev–Trinajstić information content (AvgIpc) is 2.98. The second-order valence-corrected chi connectivity index (χ2v) is 10.2. The molecule has 6 rings (SSSR count). The minimum absolute atomic E-state index is 0.178. The molecule has 5 heteroatoms. The van der Waals surface area contributed by atoms with E-state index >= 15 is 0 Å². The summed E-state index contributed by atoms with van der Waals surface area (Å²) >= 11 is 0. The Labute approximate surface area is 160 Å². The largest absolute Gasteiger partial charge is 0.326 e. The van der Waals surface area contributed by atoms with Crippen LogP contribution in [-0.2, 0) is 4.79 Å². The minimum atomic E-state index is -0.178. The lowest BCUT2D eigenvalue weighted by molar-refractivity contribution is -0.165. The first kappa shape index (κ1) is 17.0. The second-order valence-electron chi connectivity index (χ2n) is 10.2. The number of carbonyl (C=O) groups is 1. The smallest absolute Gasteiger partial charge is 0.230 e. The summed E-state index contributed by atoms with van der Waals surface area (Å²) in [6.45, 7) is 6.70. The fourth-order valence-electron chi connectivity index (χ4n) is 7.14. The van der Waals surface area contributed by atoms with E-state index in [9.17, 15) is 4.79 Å². The Morgan fingerprint density at radius 1 is 1.07 bits per heavy atom. The van der Waals surface area contributed by atoms with Crippen LogP contribution < -0.4 is 5.32 Å². The van der Waals surface area contributed by atoms with Gasteiger partial charge in [0.2, 0.25) is 5.91 Å². The van der Waals surface area contributed by atoms with Gasteiger partial charge in [0.1, 0.15) is 5.82 Å². The van der Waals surface area contributed by atoms with E-state index in [1.54, 1.807) is 0 Å². The van der Waals surface area contributed by atoms with Crippen LogP contribution in [0.3, 0.4) is 0 Å². The lowest BCUT2D eigenvalue weighted by Gasteiger charge is -2.64. The standard InChI is InChI=1S/C22H28N4O/c1-14-23-18(26-25-14)16-4-6-17(7-5-16)24-19(27)22-10-15-8-20(2,12-22)11-21(3,9-15)13-22/h4-7,15H,8-13H2,1-3H3,(H,24,27)(H,23,25,26)/t15?,20-,21+,22?. The van der Waals surface area contributed by atoms with Gasteiger partial charge in [-0.1, -0.05) is 13.8 Å². The molecule has 0 saturated heterocycles. The van der Waals surface area contributed by atoms with Gasteiger partial charge in [-0.15, -0.1) is 0 Å². The van der Waals surface area contributed by atoms with Gasteiger partial charge in [0.05, 0.1) is 5.41 Å². The van der Waals surface area contributed by atoms with Crippen LogP contribution in [0.2, 0.25) is 0 Å². The molecule has 4 aliphatic carbocycles. The molecule has 2 unspecified atom stereocenters. The maximum Gasteiger partial charge on any atom is 0.230 e. The van der Waals surface area contributed by atoms with Crippen molar-refractivity contribution in [2.24, 2.45) is 22.2 Å². The summed E-state index contributed by atoms with van der Waals surface area (Å²) in [5, 5.41) is 10.3. The summed E-state index contributed by atoms with van der Waals surface area (Å²) < 4.78 is 0. The first-order valence-electron chi connectivity index (χ1n) is 10.1. The quantitative estimate of drug-likeness (QED) is 0.828. The fraction of sp³-hybridized carbons (Fsp3) is 0.591. The van der Waals surface area contributed by atoms with Crippen molar-refractivity contribution in [3.05, 3.63) is 30.1 Å². The molecular weight excluding hydrogens is 336 g/mol. The van der Waals surface area contributed by atoms with Crippen LogP contribution in [0.5, 0.6) is 0 Å². The van der Waals surface area contributed by atoms with Gasteiger partial charge >= 0.3 is 0 Å². The number of hydrogen-bond donors (Lipinski definition) is 2. The fourth-order valence-corrected chi connectivity index (χ4v) is 7.14. The average molecular weight is 364 g/mol. The molecule has 1 aromatic carbocycles. The molecule has 4 bridgehead atoms. The molecule has 2 aromatic rings. The number of nitrogens with zero attached hydrogens (tertiary/aromatic N) is 2. The van der Waals surface area contributed by atoms with Crippen LogP contribution in [0.1, 0.15) is 58.2 Å². The van der Waals surface area contributed by atoms with Crippen LogP contribution in [0, 0.1) is 29.1 Å². The van der Waals surface area contributed by atoms with Crippen molar-refractivity contribution in [2.45, 2.75) is 59.3 Å². The van der Waals surface area contributed by atoms with Crippen molar-refractivity contribution in [2.75, 3.05) is 5.32 Å². The number of benzene rings is 1. The van der Waals surface area contributed by atoms with Crippen molar-refractivity contribution in [1.82, 2.24) is 15.2 Å². The lowest BCUT2D eigenvalue weighted by Crippen LogP contribution is -2.58. The zero-order valence-electron chi connectivity index (χ0n) is 16.4. The third-order valence-corrected chi connectivity index (χ3v) is 7.11. The normalized spacial score (nSPS) is 36.8. The molecule has 0 spiro atoms. The van der Waals surface area contributed by atoms with Crippen molar-refractivity contribution in [1.29, 1.82) is 0 Å². The van der Waals surface area contributed by atoms with E-state index in [0.717, 1.165) is 42.3 Å². The number of aromatic amines is 1. The van der Waals surface area contributed by atoms with Crippen LogP contribution in [0.15, 0.2) is 24.3 Å². The highest BCUT2D eigenvalue weighted by molar-refractivity contribution is 5.96. The maximum absolute atomic E-state index is 13.4. The van der Waals surface area contributed by atoms with E-state index in [2.05, 4.69) is 34.3 Å². The van der Waals surface area contributed by atoms with Crippen LogP contribution >= 0.6 is 0 Å². The number of H-pyrrole nitrogens is 1. The number of anilines is 1. The first-order valence-corrected chi connectivity index (χ1v) is 10.1. The molecule has 0 aliphatic heterocycles. The summed E-state index contributed by atoms with van der Waals surface area (Å²) in [5.74, 6) is 2.43. The molecule has 1 amide bonds. The Morgan fingerprint density at radius 3 is 2.30 bits per heavy atom. The molecule has 2 N–H and O–H groups in total. The number of rotatable bonds is 3. The predicted molar refractivity (Wildman–Crippen MR) is 105 cm³/mol. The Kier molecular flexibility index (Phi) is 3.41. The van der Waals surface area contributed by atoms with Gasteiger partial charge in [0, 0.05) is 11.3 Å². The summed E-state index contributed by atoms with van der Waals surface area (Å²) in [6, 6.07) is 7.87. The van der Waals surface area contributed by atoms with Gasteiger partial charge in [0.15, 0.2) is 5.82 Å². The van der Waals surface area contributed by atoms with E-state index in [-0.39, 0.29) is 11.3 Å². The Hall–Kier alpha value is -2.17. The molecule has 27 heavy (non-hydrogen) atoms. The molecule has 5 nitrogen and oxygen atoms in total. The minimum Gasteiger partial charge on any atom is -0.326 e. The van der Waals surface area contributed by atoms with E-state index in [4.69, 9.17) is 0 Å². The van der Waals surface area contributed by atoms with Gasteiger partial charge in [0.25, 0.3) is 0 Å². The Morgan fingerprint density at radius 2 is 1.74 bits per heavy atom. The molecule has 4 aliphatic rings. The van der Waals surface area contributed by atoms with Crippen LogP contribution in [-0.4, -0.2) is 21.1 Å². The monoisotopic (exact) mass is 364 g/mol. The summed E-state index contributed by atoms with van der Waals surface area (Å²) in [5.41, 5.74) is 2.33. The number of aryl methyl sites for hydroxylation is 1. The zero-order valence-corrected chi connectivity index (χ0v) is 16.4. The highest BCUT2D eigenvalue weighted by atomic mass is 16.2. The zero-order chi connectivity index (χ0) is 18.9. The van der Waals surface area contributed by atoms with Gasteiger partial charge in [-0.3, -0.25) is 9.89 Å². The first-order chi connectivity index (χ1) is 12.8. The summed E-state index contributed by atoms with van der Waals surface area (Å²) in [6.07, 6.45) is 7.07. The predicted octanol–water partition coefficient (Wildman–Crippen LogP) is 4.72. The van der Waals surface area contributed by atoms with Gasteiger partial charge in [-0.25, -0.2) is 4.98 Å². The van der Waals surface area contributed by atoms with Gasteiger partial charge in [-0.2, -0.15) is 5.10 Å². The molecule has 4 atom stereocenters. The summed E-state index contributed by atoms with van der Waals surface area (Å²) in [7, 11) is 0. The third-order valence-electron chi connectivity index (χ3n) is 7.11. The van der Waals surface area contributed by atoms with E-state index in [0.29, 0.717) is 16.7 Å². The van der Waals surface area contributed by atoms with Crippen LogP contribution in [0.4, 0.5) is 5.69 Å². The number of carbonyl (C=O) groups excluding carboxylic acids is 1. The Bertz CT molecular complexity index is 881. The lowest BCUT2D eigenvalue weighted by atomic mass is 9.40. The molecular formula is C22H28N4O. The highest BCUT2D eigenvalue weighted by Crippen LogP contribution is 2.69. The van der Waals surface area contributed by atoms with Gasteiger partial charge in [-0.05, 0) is 86.5 Å². The number of hydrogen-bond acceptors (Lipinski definition) is 3. The van der Waals surface area contributed by atoms with Crippen molar-refractivity contribution >= 4 is 11.6 Å². The van der Waals surface area contributed by atoms with E-state index in [1.165, 1.54) is 19.3 Å². The summed E-state index contributed by atoms with van der Waals surface area (Å²) in [4.78, 5) is 17.7. The number of aromatic nitrogens is 3. The second kappa shape index (κ2) is 5.43. The third kappa shape index (κ3) is 2.79. The highest BCUT2D eigenvalue weighted by Gasteiger charge is 2.62. The molecule has 1 heterocycles. The number of nitrogens with one attached hydrogen (secondary N) is 2.